The van der Waals surface area contributed by atoms with Crippen molar-refractivity contribution < 1.29 is 0 Å². The van der Waals surface area contributed by atoms with E-state index in [2.05, 4.69) is 59.6 Å². The molecule has 0 saturated carbocycles. The minimum absolute atomic E-state index is 0.622. The number of nitrogens with zero attached hydrogens (tertiary/aromatic N) is 1. The maximum atomic E-state index is 5.67. The number of rotatable bonds is 5. The molecule has 2 aromatic carbocycles. The lowest BCUT2D eigenvalue weighted by Gasteiger charge is -2.03. The number of thiazole rings is 1. The second-order valence-corrected chi connectivity index (χ2v) is 6.00. The first-order chi connectivity index (χ1) is 10.3. The fourth-order valence-corrected chi connectivity index (χ4v) is 2.98. The Kier molecular flexibility index (Phi) is 4.31. The van der Waals surface area contributed by atoms with Gasteiger partial charge in [-0.25, -0.2) is 4.98 Å². The van der Waals surface area contributed by atoms with Crippen LogP contribution >= 0.6 is 11.3 Å². The summed E-state index contributed by atoms with van der Waals surface area (Å²) in [4.78, 5) is 4.31. The average molecular weight is 294 g/mol. The summed E-state index contributed by atoms with van der Waals surface area (Å²) in [5.41, 5.74) is 10.6. The SMILES string of the molecule is Nc1nc(-c2ccc(CCCc3ccccc3)cc2)cs1. The smallest absolute Gasteiger partial charge is 0.180 e. The van der Waals surface area contributed by atoms with Gasteiger partial charge in [0.1, 0.15) is 0 Å². The number of aryl methyl sites for hydroxylation is 2. The van der Waals surface area contributed by atoms with Crippen LogP contribution in [-0.2, 0) is 12.8 Å². The van der Waals surface area contributed by atoms with E-state index in [0.717, 1.165) is 24.1 Å². The molecule has 0 aliphatic heterocycles. The maximum Gasteiger partial charge on any atom is 0.180 e. The summed E-state index contributed by atoms with van der Waals surface area (Å²) in [5.74, 6) is 0. The average Bonchev–Trinajstić information content (AvgIpc) is 2.96. The monoisotopic (exact) mass is 294 g/mol. The molecule has 3 aromatic rings. The highest BCUT2D eigenvalue weighted by Crippen LogP contribution is 2.23. The lowest BCUT2D eigenvalue weighted by atomic mass is 10.0. The topological polar surface area (TPSA) is 38.9 Å². The molecule has 0 atom stereocenters. The van der Waals surface area contributed by atoms with E-state index in [4.69, 9.17) is 5.73 Å². The number of nitrogen functional groups attached to an aromatic ring is 1. The lowest BCUT2D eigenvalue weighted by molar-refractivity contribution is 0.821. The number of nitrogens with two attached hydrogens (primary N) is 1. The highest BCUT2D eigenvalue weighted by atomic mass is 32.1. The predicted molar refractivity (Wildman–Crippen MR) is 90.4 cm³/mol. The van der Waals surface area contributed by atoms with Crippen molar-refractivity contribution in [2.24, 2.45) is 0 Å². The van der Waals surface area contributed by atoms with Crippen LogP contribution in [0.2, 0.25) is 0 Å². The number of anilines is 1. The zero-order valence-corrected chi connectivity index (χ0v) is 12.6. The van der Waals surface area contributed by atoms with Crippen LogP contribution in [0.4, 0.5) is 5.13 Å². The Balaban J connectivity index is 1.57. The van der Waals surface area contributed by atoms with Crippen LogP contribution in [0.1, 0.15) is 17.5 Å². The highest BCUT2D eigenvalue weighted by molar-refractivity contribution is 7.13. The summed E-state index contributed by atoms with van der Waals surface area (Å²) in [5, 5.41) is 2.62. The van der Waals surface area contributed by atoms with Gasteiger partial charge in [0.05, 0.1) is 5.69 Å². The van der Waals surface area contributed by atoms with Crippen molar-refractivity contribution in [1.29, 1.82) is 0 Å². The maximum absolute atomic E-state index is 5.67. The number of benzene rings is 2. The third kappa shape index (κ3) is 3.70. The summed E-state index contributed by atoms with van der Waals surface area (Å²) >= 11 is 1.48. The van der Waals surface area contributed by atoms with Gasteiger partial charge in [-0.15, -0.1) is 11.3 Å². The van der Waals surface area contributed by atoms with Gasteiger partial charge in [0.15, 0.2) is 5.13 Å². The molecule has 0 fully saturated rings. The van der Waals surface area contributed by atoms with Gasteiger partial charge >= 0.3 is 0 Å². The van der Waals surface area contributed by atoms with Crippen molar-refractivity contribution >= 4 is 16.5 Å². The molecule has 1 aromatic heterocycles. The minimum atomic E-state index is 0.622. The number of aromatic nitrogens is 1. The molecule has 21 heavy (non-hydrogen) atoms. The van der Waals surface area contributed by atoms with E-state index in [0.29, 0.717) is 5.13 Å². The molecular formula is C18H18N2S. The van der Waals surface area contributed by atoms with E-state index in [9.17, 15) is 0 Å². The van der Waals surface area contributed by atoms with Crippen LogP contribution in [0.5, 0.6) is 0 Å². The third-order valence-corrected chi connectivity index (χ3v) is 4.22. The standard InChI is InChI=1S/C18H18N2S/c19-18-20-17(13-21-18)16-11-9-15(10-12-16)8-4-7-14-5-2-1-3-6-14/h1-3,5-6,9-13H,4,7-8H2,(H2,19,20). The Morgan fingerprint density at radius 2 is 1.52 bits per heavy atom. The molecule has 0 spiro atoms. The third-order valence-electron chi connectivity index (χ3n) is 3.55. The zero-order chi connectivity index (χ0) is 14.5. The van der Waals surface area contributed by atoms with E-state index in [-0.39, 0.29) is 0 Å². The fraction of sp³-hybridized carbons (Fsp3) is 0.167. The van der Waals surface area contributed by atoms with E-state index in [1.807, 2.05) is 5.38 Å². The van der Waals surface area contributed by atoms with E-state index < -0.39 is 0 Å². The molecule has 0 radical (unpaired) electrons. The summed E-state index contributed by atoms with van der Waals surface area (Å²) in [6.45, 7) is 0. The van der Waals surface area contributed by atoms with Crippen molar-refractivity contribution in [2.45, 2.75) is 19.3 Å². The van der Waals surface area contributed by atoms with Crippen LogP contribution in [-0.4, -0.2) is 4.98 Å². The summed E-state index contributed by atoms with van der Waals surface area (Å²) in [6.07, 6.45) is 3.41. The molecule has 0 bridgehead atoms. The molecule has 0 aliphatic carbocycles. The molecule has 3 rings (SSSR count). The van der Waals surface area contributed by atoms with Gasteiger partial charge in [0.2, 0.25) is 0 Å². The van der Waals surface area contributed by atoms with Crippen molar-refractivity contribution in [3.63, 3.8) is 0 Å². The van der Waals surface area contributed by atoms with E-state index in [1.165, 1.54) is 28.9 Å². The first kappa shape index (κ1) is 13.8. The summed E-state index contributed by atoms with van der Waals surface area (Å²) in [7, 11) is 0. The van der Waals surface area contributed by atoms with Crippen LogP contribution in [0.25, 0.3) is 11.3 Å². The van der Waals surface area contributed by atoms with Crippen molar-refractivity contribution in [3.8, 4) is 11.3 Å². The van der Waals surface area contributed by atoms with Crippen molar-refractivity contribution in [3.05, 3.63) is 71.1 Å². The molecule has 1 heterocycles. The van der Waals surface area contributed by atoms with Gasteiger partial charge in [-0.3, -0.25) is 0 Å². The van der Waals surface area contributed by atoms with Crippen LogP contribution in [0, 0.1) is 0 Å². The van der Waals surface area contributed by atoms with Gasteiger partial charge in [0.25, 0.3) is 0 Å². The second-order valence-electron chi connectivity index (χ2n) is 5.11. The summed E-state index contributed by atoms with van der Waals surface area (Å²) in [6, 6.07) is 19.3. The van der Waals surface area contributed by atoms with Gasteiger partial charge in [-0.2, -0.15) is 0 Å². The predicted octanol–water partition coefficient (Wildman–Crippen LogP) is 4.57. The fourth-order valence-electron chi connectivity index (χ4n) is 2.40. The van der Waals surface area contributed by atoms with Gasteiger partial charge in [0, 0.05) is 10.9 Å². The Bertz CT molecular complexity index is 687. The molecular weight excluding hydrogens is 276 g/mol. The molecule has 0 amide bonds. The number of hydrogen-bond donors (Lipinski definition) is 1. The Morgan fingerprint density at radius 1 is 0.857 bits per heavy atom. The molecule has 0 saturated heterocycles. The van der Waals surface area contributed by atoms with Crippen LogP contribution < -0.4 is 5.73 Å². The molecule has 2 nitrogen and oxygen atoms in total. The van der Waals surface area contributed by atoms with E-state index >= 15 is 0 Å². The quantitative estimate of drug-likeness (QED) is 0.748. The van der Waals surface area contributed by atoms with Gasteiger partial charge in [-0.05, 0) is 30.4 Å². The Morgan fingerprint density at radius 3 is 2.14 bits per heavy atom. The lowest BCUT2D eigenvalue weighted by Crippen LogP contribution is -1.90. The van der Waals surface area contributed by atoms with Crippen LogP contribution in [0.3, 0.4) is 0 Å². The first-order valence-corrected chi connectivity index (χ1v) is 8.03. The van der Waals surface area contributed by atoms with Gasteiger partial charge in [-0.1, -0.05) is 54.6 Å². The zero-order valence-electron chi connectivity index (χ0n) is 11.8. The minimum Gasteiger partial charge on any atom is -0.375 e. The second kappa shape index (κ2) is 6.55. The molecule has 106 valence electrons. The van der Waals surface area contributed by atoms with E-state index in [1.54, 1.807) is 0 Å². The van der Waals surface area contributed by atoms with Crippen LogP contribution in [0.15, 0.2) is 60.0 Å². The summed E-state index contributed by atoms with van der Waals surface area (Å²) < 4.78 is 0. The van der Waals surface area contributed by atoms with Crippen molar-refractivity contribution in [1.82, 2.24) is 4.98 Å². The highest BCUT2D eigenvalue weighted by Gasteiger charge is 2.02. The Labute approximate surface area is 129 Å². The normalized spacial score (nSPS) is 10.7. The number of hydrogen-bond acceptors (Lipinski definition) is 3. The van der Waals surface area contributed by atoms with Crippen molar-refractivity contribution in [2.75, 3.05) is 5.73 Å². The first-order valence-electron chi connectivity index (χ1n) is 7.15. The molecule has 0 unspecified atom stereocenters. The largest absolute Gasteiger partial charge is 0.375 e. The molecule has 0 aliphatic rings. The van der Waals surface area contributed by atoms with Gasteiger partial charge < -0.3 is 5.73 Å². The molecule has 3 heteroatoms. The molecule has 2 N–H and O–H groups in total. The Hall–Kier alpha value is -2.13.